The highest BCUT2D eigenvalue weighted by atomic mass is 32.1. The number of benzene rings is 1. The van der Waals surface area contributed by atoms with Crippen LogP contribution in [0.3, 0.4) is 0 Å². The number of ether oxygens (including phenoxy) is 1. The lowest BCUT2D eigenvalue weighted by Crippen LogP contribution is -2.07. The second-order valence-corrected chi connectivity index (χ2v) is 6.71. The van der Waals surface area contributed by atoms with Crippen LogP contribution in [0.1, 0.15) is 16.8 Å². The molecular weight excluding hydrogens is 338 g/mol. The third-order valence-electron chi connectivity index (χ3n) is 3.85. The molecule has 3 heterocycles. The van der Waals surface area contributed by atoms with E-state index in [2.05, 4.69) is 5.16 Å². The van der Waals surface area contributed by atoms with E-state index in [4.69, 9.17) is 13.7 Å². The maximum absolute atomic E-state index is 12.1. The molecule has 0 amide bonds. The average molecular weight is 353 g/mol. The van der Waals surface area contributed by atoms with Crippen LogP contribution in [0.2, 0.25) is 0 Å². The van der Waals surface area contributed by atoms with E-state index in [1.807, 2.05) is 42.6 Å². The lowest BCUT2D eigenvalue weighted by molar-refractivity contribution is -0.144. The van der Waals surface area contributed by atoms with Gasteiger partial charge in [0.25, 0.3) is 0 Å². The molecule has 3 aromatic heterocycles. The van der Waals surface area contributed by atoms with Gasteiger partial charge >= 0.3 is 5.97 Å². The first-order valence-corrected chi connectivity index (χ1v) is 8.69. The minimum absolute atomic E-state index is 0.0859. The van der Waals surface area contributed by atoms with Crippen LogP contribution < -0.4 is 0 Å². The third kappa shape index (κ3) is 3.34. The van der Waals surface area contributed by atoms with Gasteiger partial charge in [0.15, 0.2) is 5.76 Å². The highest BCUT2D eigenvalue weighted by Gasteiger charge is 2.13. The summed E-state index contributed by atoms with van der Waals surface area (Å²) in [5.41, 5.74) is 3.30. The number of furan rings is 1. The third-order valence-corrected chi connectivity index (χ3v) is 4.73. The Morgan fingerprint density at radius 2 is 2.20 bits per heavy atom. The van der Waals surface area contributed by atoms with Crippen molar-refractivity contribution in [2.45, 2.75) is 20.0 Å². The molecule has 0 saturated heterocycles. The maximum atomic E-state index is 12.1. The van der Waals surface area contributed by atoms with Crippen LogP contribution in [0.15, 0.2) is 57.0 Å². The first kappa shape index (κ1) is 15.7. The van der Waals surface area contributed by atoms with Crippen molar-refractivity contribution < 1.29 is 18.5 Å². The van der Waals surface area contributed by atoms with Crippen molar-refractivity contribution in [2.75, 3.05) is 0 Å². The predicted octanol–water partition coefficient (Wildman–Crippen LogP) is 4.74. The SMILES string of the molecule is Cc1ccc2c(CC(=O)OCc3cc(-c4cccs4)on3)coc2c1. The van der Waals surface area contributed by atoms with Gasteiger partial charge in [-0.05, 0) is 30.0 Å². The van der Waals surface area contributed by atoms with E-state index in [-0.39, 0.29) is 19.0 Å². The summed E-state index contributed by atoms with van der Waals surface area (Å²) in [6.45, 7) is 2.08. The van der Waals surface area contributed by atoms with E-state index in [1.54, 1.807) is 23.7 Å². The molecule has 25 heavy (non-hydrogen) atoms. The van der Waals surface area contributed by atoms with Crippen LogP contribution in [-0.2, 0) is 22.6 Å². The summed E-state index contributed by atoms with van der Waals surface area (Å²) < 4.78 is 16.1. The Kier molecular flexibility index (Phi) is 4.11. The molecule has 126 valence electrons. The topological polar surface area (TPSA) is 65.5 Å². The van der Waals surface area contributed by atoms with Gasteiger partial charge in [0.1, 0.15) is 17.9 Å². The Bertz CT molecular complexity index is 1010. The summed E-state index contributed by atoms with van der Waals surface area (Å²) >= 11 is 1.57. The van der Waals surface area contributed by atoms with Crippen molar-refractivity contribution in [3.63, 3.8) is 0 Å². The molecule has 0 aliphatic rings. The molecular formula is C19H15NO4S. The number of carbonyl (C=O) groups excluding carboxylic acids is 1. The highest BCUT2D eigenvalue weighted by Crippen LogP contribution is 2.26. The monoisotopic (exact) mass is 353 g/mol. The minimum atomic E-state index is -0.330. The van der Waals surface area contributed by atoms with E-state index in [0.29, 0.717) is 11.5 Å². The molecule has 0 bridgehead atoms. The Morgan fingerprint density at radius 3 is 3.04 bits per heavy atom. The molecule has 6 heteroatoms. The van der Waals surface area contributed by atoms with E-state index in [1.165, 1.54) is 0 Å². The Morgan fingerprint density at radius 1 is 1.28 bits per heavy atom. The standard InChI is InChI=1S/C19H15NO4S/c1-12-4-5-15-13(10-22-16(15)7-12)8-19(21)23-11-14-9-17(24-20-14)18-3-2-6-25-18/h2-7,9-10H,8,11H2,1H3. The number of aryl methyl sites for hydroxylation is 1. The van der Waals surface area contributed by atoms with Gasteiger partial charge in [0.2, 0.25) is 0 Å². The van der Waals surface area contributed by atoms with Crippen LogP contribution in [0.4, 0.5) is 0 Å². The number of carbonyl (C=O) groups is 1. The first-order valence-electron chi connectivity index (χ1n) is 7.81. The van der Waals surface area contributed by atoms with Gasteiger partial charge in [-0.15, -0.1) is 11.3 Å². The molecule has 0 aliphatic carbocycles. The van der Waals surface area contributed by atoms with Gasteiger partial charge in [-0.25, -0.2) is 0 Å². The smallest absolute Gasteiger partial charge is 0.310 e. The van der Waals surface area contributed by atoms with Gasteiger partial charge in [0, 0.05) is 17.0 Å². The fraction of sp³-hybridized carbons (Fsp3) is 0.158. The lowest BCUT2D eigenvalue weighted by atomic mass is 10.1. The van der Waals surface area contributed by atoms with Crippen LogP contribution >= 0.6 is 11.3 Å². The molecule has 4 aromatic rings. The zero-order valence-electron chi connectivity index (χ0n) is 13.5. The molecule has 0 fully saturated rings. The zero-order chi connectivity index (χ0) is 17.2. The van der Waals surface area contributed by atoms with Crippen LogP contribution in [-0.4, -0.2) is 11.1 Å². The number of fused-ring (bicyclic) bond motifs is 1. The summed E-state index contributed by atoms with van der Waals surface area (Å²) in [7, 11) is 0. The van der Waals surface area contributed by atoms with Crippen molar-refractivity contribution in [1.29, 1.82) is 0 Å². The van der Waals surface area contributed by atoms with Gasteiger partial charge < -0.3 is 13.7 Å². The van der Waals surface area contributed by atoms with E-state index in [9.17, 15) is 4.79 Å². The first-order chi connectivity index (χ1) is 12.2. The number of thiophene rings is 1. The average Bonchev–Trinajstić information content (AvgIpc) is 3.33. The molecule has 1 aromatic carbocycles. The molecule has 0 unspecified atom stereocenters. The van der Waals surface area contributed by atoms with Gasteiger partial charge in [0.05, 0.1) is 17.6 Å². The Labute approximate surface area is 147 Å². The largest absolute Gasteiger partial charge is 0.464 e. The Hall–Kier alpha value is -2.86. The molecule has 0 spiro atoms. The van der Waals surface area contributed by atoms with Crippen molar-refractivity contribution in [3.8, 4) is 10.6 Å². The molecule has 0 radical (unpaired) electrons. The number of hydrogen-bond donors (Lipinski definition) is 0. The maximum Gasteiger partial charge on any atom is 0.310 e. The number of esters is 1. The van der Waals surface area contributed by atoms with Crippen molar-refractivity contribution in [3.05, 3.63) is 64.9 Å². The minimum Gasteiger partial charge on any atom is -0.464 e. The van der Waals surface area contributed by atoms with Crippen LogP contribution in [0, 0.1) is 6.92 Å². The lowest BCUT2D eigenvalue weighted by Gasteiger charge is -2.01. The molecule has 0 atom stereocenters. The normalized spacial score (nSPS) is 11.1. The number of hydrogen-bond acceptors (Lipinski definition) is 6. The van der Waals surface area contributed by atoms with Gasteiger partial charge in [-0.3, -0.25) is 4.79 Å². The number of rotatable bonds is 5. The van der Waals surface area contributed by atoms with Crippen LogP contribution in [0.25, 0.3) is 21.6 Å². The number of nitrogens with zero attached hydrogens (tertiary/aromatic N) is 1. The van der Waals surface area contributed by atoms with Gasteiger partial charge in [-0.2, -0.15) is 0 Å². The highest BCUT2D eigenvalue weighted by molar-refractivity contribution is 7.13. The fourth-order valence-electron chi connectivity index (χ4n) is 2.60. The molecule has 0 N–H and O–H groups in total. The number of aromatic nitrogens is 1. The quantitative estimate of drug-likeness (QED) is 0.485. The molecule has 0 aliphatic heterocycles. The summed E-state index contributed by atoms with van der Waals surface area (Å²) in [5, 5.41) is 6.84. The fourth-order valence-corrected chi connectivity index (χ4v) is 3.28. The molecule has 4 rings (SSSR count). The molecule has 5 nitrogen and oxygen atoms in total. The van der Waals surface area contributed by atoms with E-state index < -0.39 is 0 Å². The summed E-state index contributed by atoms with van der Waals surface area (Å²) in [6, 6.07) is 11.6. The van der Waals surface area contributed by atoms with Crippen molar-refractivity contribution >= 4 is 28.3 Å². The summed E-state index contributed by atoms with van der Waals surface area (Å²) in [4.78, 5) is 13.1. The second kappa shape index (κ2) is 6.57. The summed E-state index contributed by atoms with van der Waals surface area (Å²) in [5.74, 6) is 0.348. The predicted molar refractivity (Wildman–Crippen MR) is 94.3 cm³/mol. The zero-order valence-corrected chi connectivity index (χ0v) is 14.3. The second-order valence-electron chi connectivity index (χ2n) is 5.76. The van der Waals surface area contributed by atoms with Gasteiger partial charge in [-0.1, -0.05) is 23.4 Å². The summed E-state index contributed by atoms with van der Waals surface area (Å²) in [6.07, 6.45) is 1.77. The van der Waals surface area contributed by atoms with E-state index in [0.717, 1.165) is 27.0 Å². The van der Waals surface area contributed by atoms with Crippen molar-refractivity contribution in [1.82, 2.24) is 5.16 Å². The Balaban J connectivity index is 1.39. The molecule has 0 saturated carbocycles. The van der Waals surface area contributed by atoms with Crippen LogP contribution in [0.5, 0.6) is 0 Å². The van der Waals surface area contributed by atoms with Crippen molar-refractivity contribution in [2.24, 2.45) is 0 Å². The van der Waals surface area contributed by atoms with E-state index >= 15 is 0 Å².